The summed E-state index contributed by atoms with van der Waals surface area (Å²) in [6.07, 6.45) is 4.56. The van der Waals surface area contributed by atoms with Gasteiger partial charge in [-0.15, -0.1) is 0 Å². The normalized spacial score (nSPS) is 17.5. The standard InChI is InChI=1S/C20H19FN8O3/c1-10-19(21)18(15(8-23-10)32-13-3-2-11(4-13)26-20(30)31)14-5-16(29-28-14)27-17-9-24-12(6-22)7-25-17/h5,7-9,11,13,26H,2-4H2,1H3,(H,30,31)(H2,25,27,28,29)/t11-,13+/m0/s1. The summed E-state index contributed by atoms with van der Waals surface area (Å²) < 4.78 is 21.0. The van der Waals surface area contributed by atoms with Crippen molar-refractivity contribution in [1.29, 1.82) is 5.26 Å². The Kier molecular flexibility index (Phi) is 5.80. The molecule has 3 heterocycles. The predicted octanol–water partition coefficient (Wildman–Crippen LogP) is 2.89. The van der Waals surface area contributed by atoms with Gasteiger partial charge in [-0.3, -0.25) is 10.1 Å². The second-order valence-electron chi connectivity index (χ2n) is 7.29. The summed E-state index contributed by atoms with van der Waals surface area (Å²) in [7, 11) is 0. The molecule has 4 rings (SSSR count). The van der Waals surface area contributed by atoms with Gasteiger partial charge in [-0.25, -0.2) is 19.2 Å². The van der Waals surface area contributed by atoms with Crippen LogP contribution in [0.1, 0.15) is 30.7 Å². The van der Waals surface area contributed by atoms with Gasteiger partial charge in [0.15, 0.2) is 17.3 Å². The number of hydrogen-bond donors (Lipinski definition) is 4. The van der Waals surface area contributed by atoms with Crippen LogP contribution in [0.4, 0.5) is 20.8 Å². The van der Waals surface area contributed by atoms with Gasteiger partial charge in [-0.2, -0.15) is 10.4 Å². The first kappa shape index (κ1) is 21.0. The van der Waals surface area contributed by atoms with Crippen LogP contribution < -0.4 is 15.4 Å². The largest absolute Gasteiger partial charge is 0.488 e. The number of aryl methyl sites for hydroxylation is 1. The van der Waals surface area contributed by atoms with Crippen molar-refractivity contribution in [2.75, 3.05) is 5.32 Å². The maximum atomic E-state index is 15.0. The summed E-state index contributed by atoms with van der Waals surface area (Å²) in [6, 6.07) is 3.27. The summed E-state index contributed by atoms with van der Waals surface area (Å²) in [5, 5.41) is 30.0. The van der Waals surface area contributed by atoms with E-state index in [4.69, 9.17) is 15.1 Å². The smallest absolute Gasteiger partial charge is 0.404 e. The van der Waals surface area contributed by atoms with Crippen LogP contribution in [0.25, 0.3) is 11.3 Å². The van der Waals surface area contributed by atoms with E-state index in [1.807, 2.05) is 6.07 Å². The predicted molar refractivity (Wildman–Crippen MR) is 110 cm³/mol. The number of rotatable bonds is 6. The first-order valence-electron chi connectivity index (χ1n) is 9.79. The third-order valence-electron chi connectivity index (χ3n) is 5.03. The molecular formula is C20H19FN8O3. The fourth-order valence-corrected chi connectivity index (χ4v) is 3.53. The quantitative estimate of drug-likeness (QED) is 0.453. The Hall–Kier alpha value is -4.27. The Balaban J connectivity index is 1.55. The molecule has 32 heavy (non-hydrogen) atoms. The number of nitriles is 1. The van der Waals surface area contributed by atoms with E-state index in [-0.39, 0.29) is 34.8 Å². The van der Waals surface area contributed by atoms with Crippen LogP contribution in [-0.4, -0.2) is 48.5 Å². The molecule has 1 amide bonds. The van der Waals surface area contributed by atoms with E-state index in [2.05, 4.69) is 35.8 Å². The number of pyridine rings is 1. The minimum absolute atomic E-state index is 0.179. The minimum atomic E-state index is -1.08. The van der Waals surface area contributed by atoms with Gasteiger partial charge in [0.1, 0.15) is 23.7 Å². The molecule has 0 unspecified atom stereocenters. The van der Waals surface area contributed by atoms with Crippen LogP contribution in [0.5, 0.6) is 5.75 Å². The van der Waals surface area contributed by atoms with E-state index in [0.29, 0.717) is 36.6 Å². The zero-order valence-corrected chi connectivity index (χ0v) is 17.0. The highest BCUT2D eigenvalue weighted by atomic mass is 19.1. The van der Waals surface area contributed by atoms with Crippen molar-refractivity contribution < 1.29 is 19.0 Å². The third kappa shape index (κ3) is 4.56. The minimum Gasteiger partial charge on any atom is -0.488 e. The van der Waals surface area contributed by atoms with Crippen molar-refractivity contribution >= 4 is 17.7 Å². The summed E-state index contributed by atoms with van der Waals surface area (Å²) in [6.45, 7) is 1.55. The van der Waals surface area contributed by atoms with E-state index >= 15 is 4.39 Å². The van der Waals surface area contributed by atoms with Crippen LogP contribution >= 0.6 is 0 Å². The average molecular weight is 438 g/mol. The molecule has 3 aromatic rings. The lowest BCUT2D eigenvalue weighted by atomic mass is 10.1. The number of halogens is 1. The van der Waals surface area contributed by atoms with Gasteiger partial charge < -0.3 is 20.5 Å². The molecule has 0 bridgehead atoms. The van der Waals surface area contributed by atoms with Gasteiger partial charge in [0.05, 0.1) is 35.5 Å². The molecule has 164 valence electrons. The van der Waals surface area contributed by atoms with Gasteiger partial charge in [0.2, 0.25) is 0 Å². The molecule has 0 radical (unpaired) electrons. The molecule has 0 aromatic carbocycles. The molecule has 0 saturated heterocycles. The molecule has 1 aliphatic carbocycles. The molecule has 1 aliphatic rings. The number of aromatic amines is 1. The van der Waals surface area contributed by atoms with Gasteiger partial charge in [-0.1, -0.05) is 0 Å². The number of H-pyrrole nitrogens is 1. The van der Waals surface area contributed by atoms with Crippen LogP contribution in [0.2, 0.25) is 0 Å². The summed E-state index contributed by atoms with van der Waals surface area (Å²) in [5.41, 5.74) is 0.928. The van der Waals surface area contributed by atoms with Crippen LogP contribution in [0.3, 0.4) is 0 Å². The Morgan fingerprint density at radius 2 is 2.12 bits per heavy atom. The van der Waals surface area contributed by atoms with Crippen LogP contribution in [0, 0.1) is 24.1 Å². The van der Waals surface area contributed by atoms with Crippen molar-refractivity contribution in [3.63, 3.8) is 0 Å². The Labute approximate surface area is 181 Å². The molecular weight excluding hydrogens is 419 g/mol. The zero-order chi connectivity index (χ0) is 22.7. The summed E-state index contributed by atoms with van der Waals surface area (Å²) >= 11 is 0. The molecule has 0 aliphatic heterocycles. The number of nitrogens with zero attached hydrogens (tertiary/aromatic N) is 5. The number of amides is 1. The fourth-order valence-electron chi connectivity index (χ4n) is 3.53. The number of anilines is 2. The van der Waals surface area contributed by atoms with Gasteiger partial charge in [-0.05, 0) is 19.8 Å². The molecule has 3 aromatic heterocycles. The maximum absolute atomic E-state index is 15.0. The number of aromatic nitrogens is 5. The lowest BCUT2D eigenvalue weighted by Crippen LogP contribution is -2.32. The Bertz CT molecular complexity index is 1170. The number of hydrogen-bond acceptors (Lipinski definition) is 8. The van der Waals surface area contributed by atoms with E-state index < -0.39 is 11.9 Å². The van der Waals surface area contributed by atoms with Gasteiger partial charge in [0, 0.05) is 18.5 Å². The van der Waals surface area contributed by atoms with E-state index in [9.17, 15) is 4.79 Å². The third-order valence-corrected chi connectivity index (χ3v) is 5.03. The van der Waals surface area contributed by atoms with Gasteiger partial charge in [0.25, 0.3) is 0 Å². The maximum Gasteiger partial charge on any atom is 0.404 e. The summed E-state index contributed by atoms with van der Waals surface area (Å²) in [5.74, 6) is 0.426. The van der Waals surface area contributed by atoms with E-state index in [1.165, 1.54) is 18.6 Å². The second-order valence-corrected chi connectivity index (χ2v) is 7.29. The SMILES string of the molecule is Cc1ncc(O[C@@H]2CC[C@H](NC(=O)O)C2)c(-c2cc(Nc3cnc(C#N)cn3)n[nH]2)c1F. The molecule has 2 atom stereocenters. The van der Waals surface area contributed by atoms with E-state index in [0.717, 1.165) is 0 Å². The van der Waals surface area contributed by atoms with Crippen LogP contribution in [-0.2, 0) is 0 Å². The second kappa shape index (κ2) is 8.84. The molecule has 0 spiro atoms. The molecule has 1 fully saturated rings. The van der Waals surface area contributed by atoms with Crippen molar-refractivity contribution in [3.05, 3.63) is 41.9 Å². The highest BCUT2D eigenvalue weighted by molar-refractivity contribution is 5.71. The topological polar surface area (TPSA) is 162 Å². The van der Waals surface area contributed by atoms with Crippen molar-refractivity contribution in [3.8, 4) is 23.1 Å². The Morgan fingerprint density at radius 3 is 2.84 bits per heavy atom. The fraction of sp³-hybridized carbons (Fsp3) is 0.300. The molecule has 4 N–H and O–H groups in total. The first-order valence-corrected chi connectivity index (χ1v) is 9.79. The lowest BCUT2D eigenvalue weighted by molar-refractivity contribution is 0.185. The number of ether oxygens (including phenoxy) is 1. The number of nitrogens with one attached hydrogen (secondary N) is 3. The monoisotopic (exact) mass is 438 g/mol. The average Bonchev–Trinajstić information content (AvgIpc) is 3.40. The zero-order valence-electron chi connectivity index (χ0n) is 17.0. The molecule has 11 nitrogen and oxygen atoms in total. The Morgan fingerprint density at radius 1 is 1.28 bits per heavy atom. The van der Waals surface area contributed by atoms with E-state index in [1.54, 1.807) is 13.0 Å². The molecule has 12 heteroatoms. The highest BCUT2D eigenvalue weighted by Crippen LogP contribution is 2.36. The van der Waals surface area contributed by atoms with Crippen molar-refractivity contribution in [2.45, 2.75) is 38.3 Å². The van der Waals surface area contributed by atoms with Gasteiger partial charge >= 0.3 is 6.09 Å². The number of carboxylic acid groups (broad SMARTS) is 1. The first-order chi connectivity index (χ1) is 15.4. The lowest BCUT2D eigenvalue weighted by Gasteiger charge is -2.17. The number of carbonyl (C=O) groups is 1. The van der Waals surface area contributed by atoms with Crippen molar-refractivity contribution in [2.24, 2.45) is 0 Å². The molecule has 1 saturated carbocycles. The summed E-state index contributed by atoms with van der Waals surface area (Å²) in [4.78, 5) is 22.9. The van der Waals surface area contributed by atoms with Crippen LogP contribution in [0.15, 0.2) is 24.7 Å². The van der Waals surface area contributed by atoms with Crippen molar-refractivity contribution in [1.82, 2.24) is 30.5 Å². The highest BCUT2D eigenvalue weighted by Gasteiger charge is 2.29.